The van der Waals surface area contributed by atoms with E-state index >= 15 is 0 Å². The maximum Gasteiger partial charge on any atom is 0.225 e. The van der Waals surface area contributed by atoms with E-state index in [4.69, 9.17) is 0 Å². The minimum absolute atomic E-state index is 0.0176. The van der Waals surface area contributed by atoms with Gasteiger partial charge in [0.2, 0.25) is 11.8 Å². The third kappa shape index (κ3) is 6.85. The number of carbonyl (C=O) groups is 2. The van der Waals surface area contributed by atoms with E-state index < -0.39 is 0 Å². The lowest BCUT2D eigenvalue weighted by Crippen LogP contribution is -2.36. The Labute approximate surface area is 140 Å². The first-order valence-electron chi connectivity index (χ1n) is 8.38. The van der Waals surface area contributed by atoms with Crippen molar-refractivity contribution in [3.05, 3.63) is 35.4 Å². The van der Waals surface area contributed by atoms with E-state index in [1.807, 2.05) is 20.8 Å². The molecule has 2 N–H and O–H groups in total. The van der Waals surface area contributed by atoms with Crippen LogP contribution in [0.5, 0.6) is 0 Å². The summed E-state index contributed by atoms with van der Waals surface area (Å²) >= 11 is 0. The highest BCUT2D eigenvalue weighted by molar-refractivity contribution is 5.81. The summed E-state index contributed by atoms with van der Waals surface area (Å²) in [6, 6.07) is 8.30. The molecule has 0 saturated carbocycles. The second kappa shape index (κ2) is 8.70. The van der Waals surface area contributed by atoms with Crippen LogP contribution in [0.15, 0.2) is 24.3 Å². The van der Waals surface area contributed by atoms with Crippen LogP contribution in [0.3, 0.4) is 0 Å². The molecule has 0 fully saturated rings. The third-order valence-corrected chi connectivity index (χ3v) is 3.77. The number of hydrogen-bond donors (Lipinski definition) is 2. The van der Waals surface area contributed by atoms with Crippen LogP contribution in [0.2, 0.25) is 0 Å². The molecular weight excluding hydrogens is 288 g/mol. The summed E-state index contributed by atoms with van der Waals surface area (Å²) in [6.07, 6.45) is 1.93. The molecule has 1 unspecified atom stereocenters. The van der Waals surface area contributed by atoms with Gasteiger partial charge >= 0.3 is 0 Å². The average molecular weight is 318 g/mol. The Hall–Kier alpha value is -1.84. The Balaban J connectivity index is 2.37. The molecule has 23 heavy (non-hydrogen) atoms. The molecule has 0 bridgehead atoms. The highest BCUT2D eigenvalue weighted by atomic mass is 16.2. The summed E-state index contributed by atoms with van der Waals surface area (Å²) in [5.74, 6) is 0.0476. The molecular formula is C19H30N2O2. The van der Waals surface area contributed by atoms with E-state index in [1.165, 1.54) is 5.56 Å². The van der Waals surface area contributed by atoms with Gasteiger partial charge in [-0.2, -0.15) is 0 Å². The largest absolute Gasteiger partial charge is 0.356 e. The van der Waals surface area contributed by atoms with Crippen molar-refractivity contribution >= 4 is 11.8 Å². The maximum atomic E-state index is 12.1. The van der Waals surface area contributed by atoms with Crippen molar-refractivity contribution in [1.29, 1.82) is 0 Å². The molecule has 0 aromatic heterocycles. The van der Waals surface area contributed by atoms with Gasteiger partial charge in [-0.25, -0.2) is 0 Å². The SMILES string of the molecule is CCC(NC(=O)CCCNC(=O)C(C)(C)C)c1ccc(C)cc1. The summed E-state index contributed by atoms with van der Waals surface area (Å²) in [6.45, 7) is 10.3. The maximum absolute atomic E-state index is 12.1. The predicted octanol–water partition coefficient (Wildman–Crippen LogP) is 3.50. The monoisotopic (exact) mass is 318 g/mol. The lowest BCUT2D eigenvalue weighted by atomic mass is 9.96. The van der Waals surface area contributed by atoms with Crippen molar-refractivity contribution in [2.45, 2.75) is 59.9 Å². The molecule has 0 saturated heterocycles. The molecule has 4 nitrogen and oxygen atoms in total. The van der Waals surface area contributed by atoms with Crippen LogP contribution in [0.4, 0.5) is 0 Å². The number of benzene rings is 1. The van der Waals surface area contributed by atoms with Gasteiger partial charge in [0.1, 0.15) is 0 Å². The zero-order valence-corrected chi connectivity index (χ0v) is 15.0. The second-order valence-corrected chi connectivity index (χ2v) is 7.05. The van der Waals surface area contributed by atoms with Crippen LogP contribution in [-0.2, 0) is 9.59 Å². The number of amides is 2. The Kier molecular flexibility index (Phi) is 7.27. The molecule has 128 valence electrons. The molecule has 0 aliphatic carbocycles. The fourth-order valence-corrected chi connectivity index (χ4v) is 2.20. The van der Waals surface area contributed by atoms with Gasteiger partial charge in [-0.1, -0.05) is 57.5 Å². The third-order valence-electron chi connectivity index (χ3n) is 3.77. The quantitative estimate of drug-likeness (QED) is 0.756. The van der Waals surface area contributed by atoms with Crippen LogP contribution in [0.25, 0.3) is 0 Å². The van der Waals surface area contributed by atoms with Crippen LogP contribution in [-0.4, -0.2) is 18.4 Å². The molecule has 1 aromatic rings. The zero-order valence-electron chi connectivity index (χ0n) is 15.0. The minimum atomic E-state index is -0.388. The number of aryl methyl sites for hydroxylation is 1. The summed E-state index contributed by atoms with van der Waals surface area (Å²) < 4.78 is 0. The van der Waals surface area contributed by atoms with E-state index in [0.717, 1.165) is 12.0 Å². The van der Waals surface area contributed by atoms with Gasteiger partial charge in [0.05, 0.1) is 6.04 Å². The minimum Gasteiger partial charge on any atom is -0.356 e. The van der Waals surface area contributed by atoms with Crippen LogP contribution < -0.4 is 10.6 Å². The fraction of sp³-hybridized carbons (Fsp3) is 0.579. The van der Waals surface area contributed by atoms with Crippen molar-refractivity contribution in [1.82, 2.24) is 10.6 Å². The number of rotatable bonds is 7. The summed E-state index contributed by atoms with van der Waals surface area (Å²) in [5, 5.41) is 5.93. The Morgan fingerprint density at radius 2 is 1.74 bits per heavy atom. The first kappa shape index (κ1) is 19.2. The van der Waals surface area contributed by atoms with Gasteiger partial charge in [0.15, 0.2) is 0 Å². The Morgan fingerprint density at radius 1 is 1.13 bits per heavy atom. The van der Waals surface area contributed by atoms with Crippen molar-refractivity contribution in [2.75, 3.05) is 6.54 Å². The van der Waals surface area contributed by atoms with Crippen molar-refractivity contribution < 1.29 is 9.59 Å². The highest BCUT2D eigenvalue weighted by Gasteiger charge is 2.20. The number of nitrogens with one attached hydrogen (secondary N) is 2. The summed E-state index contributed by atoms with van der Waals surface area (Å²) in [4.78, 5) is 23.8. The lowest BCUT2D eigenvalue weighted by Gasteiger charge is -2.19. The molecule has 0 spiro atoms. The normalized spacial score (nSPS) is 12.6. The van der Waals surface area contributed by atoms with E-state index in [9.17, 15) is 9.59 Å². The molecule has 1 atom stereocenters. The molecule has 0 aliphatic rings. The standard InChI is InChI=1S/C19H30N2O2/c1-6-16(15-11-9-14(2)10-12-15)21-17(22)8-7-13-20-18(23)19(3,4)5/h9-12,16H,6-8,13H2,1-5H3,(H,20,23)(H,21,22). The van der Waals surface area contributed by atoms with Crippen LogP contribution >= 0.6 is 0 Å². The van der Waals surface area contributed by atoms with E-state index in [0.29, 0.717) is 19.4 Å². The Morgan fingerprint density at radius 3 is 2.26 bits per heavy atom. The second-order valence-electron chi connectivity index (χ2n) is 7.05. The van der Waals surface area contributed by atoms with Gasteiger partial charge in [0.25, 0.3) is 0 Å². The summed E-state index contributed by atoms with van der Waals surface area (Å²) in [5.41, 5.74) is 1.96. The topological polar surface area (TPSA) is 58.2 Å². The zero-order chi connectivity index (χ0) is 17.5. The van der Waals surface area contributed by atoms with E-state index in [1.54, 1.807) is 0 Å². The van der Waals surface area contributed by atoms with Crippen molar-refractivity contribution in [3.8, 4) is 0 Å². The smallest absolute Gasteiger partial charge is 0.225 e. The average Bonchev–Trinajstić information content (AvgIpc) is 2.49. The Bertz CT molecular complexity index is 515. The van der Waals surface area contributed by atoms with Gasteiger partial charge in [-0.3, -0.25) is 9.59 Å². The van der Waals surface area contributed by atoms with Gasteiger partial charge in [-0.15, -0.1) is 0 Å². The number of carbonyl (C=O) groups excluding carboxylic acids is 2. The molecule has 0 radical (unpaired) electrons. The molecule has 2 amide bonds. The van der Waals surface area contributed by atoms with Crippen LogP contribution in [0, 0.1) is 12.3 Å². The van der Waals surface area contributed by atoms with Gasteiger partial charge < -0.3 is 10.6 Å². The van der Waals surface area contributed by atoms with E-state index in [2.05, 4.69) is 48.7 Å². The van der Waals surface area contributed by atoms with Crippen LogP contribution in [0.1, 0.15) is 64.1 Å². The summed E-state index contributed by atoms with van der Waals surface area (Å²) in [7, 11) is 0. The highest BCUT2D eigenvalue weighted by Crippen LogP contribution is 2.17. The molecule has 1 rings (SSSR count). The molecule has 4 heteroatoms. The van der Waals surface area contributed by atoms with Gasteiger partial charge in [-0.05, 0) is 25.3 Å². The predicted molar refractivity (Wildman–Crippen MR) is 94.1 cm³/mol. The molecule has 1 aromatic carbocycles. The van der Waals surface area contributed by atoms with Gasteiger partial charge in [0, 0.05) is 18.4 Å². The van der Waals surface area contributed by atoms with Crippen molar-refractivity contribution in [2.24, 2.45) is 5.41 Å². The first-order chi connectivity index (χ1) is 10.7. The lowest BCUT2D eigenvalue weighted by molar-refractivity contribution is -0.128. The van der Waals surface area contributed by atoms with Crippen molar-refractivity contribution in [3.63, 3.8) is 0 Å². The number of hydrogen-bond acceptors (Lipinski definition) is 2. The molecule has 0 heterocycles. The first-order valence-corrected chi connectivity index (χ1v) is 8.38. The van der Waals surface area contributed by atoms with E-state index in [-0.39, 0.29) is 23.3 Å². The molecule has 0 aliphatic heterocycles. The fourth-order valence-electron chi connectivity index (χ4n) is 2.20.